The molecule has 2 saturated heterocycles. The van der Waals surface area contributed by atoms with Crippen LogP contribution in [0.1, 0.15) is 44.2 Å². The Balaban J connectivity index is 1.38. The van der Waals surface area contributed by atoms with Gasteiger partial charge in [-0.25, -0.2) is 9.18 Å². The predicted molar refractivity (Wildman–Crippen MR) is 132 cm³/mol. The number of ether oxygens (including phenoxy) is 1. The largest absolute Gasteiger partial charge is 0.482 e. The summed E-state index contributed by atoms with van der Waals surface area (Å²) in [6.07, 6.45) is 3.19. The molecule has 2 aromatic rings. The van der Waals surface area contributed by atoms with E-state index in [2.05, 4.69) is 23.6 Å². The summed E-state index contributed by atoms with van der Waals surface area (Å²) in [6.45, 7) is 7.15. The number of carboxylic acids is 1. The van der Waals surface area contributed by atoms with E-state index in [1.165, 1.54) is 6.07 Å². The van der Waals surface area contributed by atoms with Crippen molar-refractivity contribution in [1.29, 1.82) is 0 Å². The maximum Gasteiger partial charge on any atom is 0.341 e. The molecule has 0 unspecified atom stereocenters. The molecular formula is C28H35FN2O4. The number of aliphatic carboxylic acids is 1. The molecule has 1 amide bonds. The molecule has 1 spiro atoms. The first-order valence-electron chi connectivity index (χ1n) is 12.5. The molecule has 2 aliphatic heterocycles. The maximum absolute atomic E-state index is 13.8. The van der Waals surface area contributed by atoms with E-state index in [0.29, 0.717) is 18.1 Å². The Hall–Kier alpha value is -2.93. The van der Waals surface area contributed by atoms with Crippen LogP contribution in [0.5, 0.6) is 5.75 Å². The van der Waals surface area contributed by atoms with E-state index in [4.69, 9.17) is 9.84 Å². The van der Waals surface area contributed by atoms with Gasteiger partial charge in [-0.15, -0.1) is 0 Å². The van der Waals surface area contributed by atoms with E-state index in [0.717, 1.165) is 56.6 Å². The maximum atomic E-state index is 13.8. The van der Waals surface area contributed by atoms with Crippen LogP contribution in [0.2, 0.25) is 0 Å². The lowest BCUT2D eigenvalue weighted by atomic mass is 9.75. The van der Waals surface area contributed by atoms with Crippen molar-refractivity contribution in [1.82, 2.24) is 9.80 Å². The third kappa shape index (κ3) is 6.20. The molecule has 1 N–H and O–H groups in total. The minimum Gasteiger partial charge on any atom is -0.482 e. The normalized spacial score (nSPS) is 20.1. The number of carbonyl (C=O) groups excluding carboxylic acids is 1. The average molecular weight is 483 g/mol. The number of carboxylic acid groups (broad SMARTS) is 1. The van der Waals surface area contributed by atoms with Crippen molar-refractivity contribution in [2.24, 2.45) is 11.3 Å². The zero-order chi connectivity index (χ0) is 25.0. The molecule has 2 aliphatic rings. The first-order chi connectivity index (χ1) is 16.7. The van der Waals surface area contributed by atoms with Gasteiger partial charge in [0.05, 0.1) is 5.41 Å². The van der Waals surface area contributed by atoms with Gasteiger partial charge in [0.1, 0.15) is 11.6 Å². The van der Waals surface area contributed by atoms with Gasteiger partial charge in [-0.2, -0.15) is 0 Å². The first kappa shape index (κ1) is 25.2. The predicted octanol–water partition coefficient (Wildman–Crippen LogP) is 4.37. The first-order valence-corrected chi connectivity index (χ1v) is 12.5. The number of piperidine rings is 1. The van der Waals surface area contributed by atoms with Crippen LogP contribution in [0.15, 0.2) is 48.5 Å². The van der Waals surface area contributed by atoms with Crippen molar-refractivity contribution in [3.05, 3.63) is 65.5 Å². The monoisotopic (exact) mass is 482 g/mol. The Morgan fingerprint density at radius 1 is 1.14 bits per heavy atom. The molecule has 2 heterocycles. The van der Waals surface area contributed by atoms with Crippen molar-refractivity contribution in [2.45, 2.75) is 52.1 Å². The quantitative estimate of drug-likeness (QED) is 0.575. The summed E-state index contributed by atoms with van der Waals surface area (Å²) in [5.41, 5.74) is 1.76. The minimum atomic E-state index is -0.997. The number of nitrogens with zero attached hydrogens (tertiary/aromatic N) is 2. The number of benzene rings is 2. The molecular weight excluding hydrogens is 447 g/mol. The van der Waals surface area contributed by atoms with Crippen LogP contribution in [0.25, 0.3) is 0 Å². The molecule has 0 aromatic heterocycles. The Morgan fingerprint density at radius 2 is 1.86 bits per heavy atom. The number of hydrogen-bond donors (Lipinski definition) is 1. The van der Waals surface area contributed by atoms with Gasteiger partial charge in [0.2, 0.25) is 5.91 Å². The van der Waals surface area contributed by atoms with Gasteiger partial charge in [-0.1, -0.05) is 38.1 Å². The molecule has 6 nitrogen and oxygen atoms in total. The third-order valence-corrected chi connectivity index (χ3v) is 7.21. The van der Waals surface area contributed by atoms with E-state index >= 15 is 0 Å². The van der Waals surface area contributed by atoms with Crippen molar-refractivity contribution >= 4 is 11.9 Å². The Labute approximate surface area is 206 Å². The number of rotatable bonds is 9. The SMILES string of the molecule is CC(C)CN1C(=O)C2(CCN(Cc3ccc(OCC(=O)O)cc3)CC2)C[C@H]1Cc1cccc(F)c1. The Bertz CT molecular complexity index is 1030. The van der Waals surface area contributed by atoms with E-state index in [-0.39, 0.29) is 29.8 Å². The van der Waals surface area contributed by atoms with Gasteiger partial charge >= 0.3 is 5.97 Å². The minimum absolute atomic E-state index is 0.108. The number of hydrogen-bond acceptors (Lipinski definition) is 4. The number of likely N-dealkylation sites (tertiary alicyclic amines) is 2. The van der Waals surface area contributed by atoms with Gasteiger partial charge in [0.15, 0.2) is 6.61 Å². The van der Waals surface area contributed by atoms with E-state index in [1.807, 2.05) is 18.2 Å². The molecule has 2 fully saturated rings. The molecule has 1 atom stereocenters. The molecule has 0 bridgehead atoms. The zero-order valence-electron chi connectivity index (χ0n) is 20.6. The van der Waals surface area contributed by atoms with Crippen LogP contribution in [0.4, 0.5) is 4.39 Å². The zero-order valence-corrected chi connectivity index (χ0v) is 20.6. The second-order valence-electron chi connectivity index (χ2n) is 10.4. The second-order valence-corrected chi connectivity index (χ2v) is 10.4. The number of amides is 1. The fourth-order valence-corrected chi connectivity index (χ4v) is 5.51. The van der Waals surface area contributed by atoms with Crippen LogP contribution >= 0.6 is 0 Å². The van der Waals surface area contributed by atoms with Crippen LogP contribution in [0.3, 0.4) is 0 Å². The molecule has 35 heavy (non-hydrogen) atoms. The van der Waals surface area contributed by atoms with Crippen molar-refractivity contribution < 1.29 is 23.8 Å². The van der Waals surface area contributed by atoms with Crippen LogP contribution in [-0.2, 0) is 22.6 Å². The lowest BCUT2D eigenvalue weighted by Gasteiger charge is -2.38. The molecule has 0 radical (unpaired) electrons. The van der Waals surface area contributed by atoms with Crippen LogP contribution < -0.4 is 4.74 Å². The number of carbonyl (C=O) groups is 2. The highest BCUT2D eigenvalue weighted by molar-refractivity contribution is 5.85. The van der Waals surface area contributed by atoms with Crippen molar-refractivity contribution in [3.63, 3.8) is 0 Å². The fourth-order valence-electron chi connectivity index (χ4n) is 5.51. The van der Waals surface area contributed by atoms with Gasteiger partial charge in [-0.05, 0) is 80.1 Å². The van der Waals surface area contributed by atoms with Gasteiger partial charge in [0, 0.05) is 19.1 Å². The summed E-state index contributed by atoms with van der Waals surface area (Å²) in [4.78, 5) is 28.8. The summed E-state index contributed by atoms with van der Waals surface area (Å²) in [5, 5.41) is 8.74. The van der Waals surface area contributed by atoms with Gasteiger partial charge in [-0.3, -0.25) is 9.69 Å². The molecule has 0 aliphatic carbocycles. The van der Waals surface area contributed by atoms with Gasteiger partial charge < -0.3 is 14.7 Å². The highest BCUT2D eigenvalue weighted by Crippen LogP contribution is 2.45. The van der Waals surface area contributed by atoms with Crippen molar-refractivity contribution in [2.75, 3.05) is 26.2 Å². The molecule has 188 valence electrons. The molecule has 0 saturated carbocycles. The van der Waals surface area contributed by atoms with Crippen LogP contribution in [0, 0.1) is 17.2 Å². The van der Waals surface area contributed by atoms with E-state index < -0.39 is 5.97 Å². The Kier molecular flexibility index (Phi) is 7.75. The van der Waals surface area contributed by atoms with Crippen LogP contribution in [-0.4, -0.2) is 59.1 Å². The standard InChI is InChI=1S/C28H35FN2O4/c1-20(2)17-31-24(15-22-4-3-5-23(29)14-22)16-28(27(31)34)10-12-30(13-11-28)18-21-6-8-25(9-7-21)35-19-26(32)33/h3-9,14,20,24H,10-13,15-19H2,1-2H3,(H,32,33)/t24-/m1/s1. The topological polar surface area (TPSA) is 70.1 Å². The smallest absolute Gasteiger partial charge is 0.341 e. The summed E-state index contributed by atoms with van der Waals surface area (Å²) >= 11 is 0. The summed E-state index contributed by atoms with van der Waals surface area (Å²) in [5.74, 6) is -0.0339. The highest BCUT2D eigenvalue weighted by Gasteiger charge is 2.52. The molecule has 7 heteroatoms. The van der Waals surface area contributed by atoms with E-state index in [1.54, 1.807) is 24.3 Å². The fraction of sp³-hybridized carbons (Fsp3) is 0.500. The summed E-state index contributed by atoms with van der Waals surface area (Å²) in [6, 6.07) is 14.4. The molecule has 4 rings (SSSR count). The number of halogens is 1. The Morgan fingerprint density at radius 3 is 2.49 bits per heavy atom. The summed E-state index contributed by atoms with van der Waals surface area (Å²) in [7, 11) is 0. The third-order valence-electron chi connectivity index (χ3n) is 7.21. The van der Waals surface area contributed by atoms with Crippen molar-refractivity contribution in [3.8, 4) is 5.75 Å². The highest BCUT2D eigenvalue weighted by atomic mass is 19.1. The second kappa shape index (κ2) is 10.8. The summed E-state index contributed by atoms with van der Waals surface area (Å²) < 4.78 is 19.0. The lowest BCUT2D eigenvalue weighted by molar-refractivity contribution is -0.140. The average Bonchev–Trinajstić information content (AvgIpc) is 3.05. The lowest BCUT2D eigenvalue weighted by Crippen LogP contribution is -2.45. The molecule has 2 aromatic carbocycles. The van der Waals surface area contributed by atoms with Gasteiger partial charge in [0.25, 0.3) is 0 Å². The van der Waals surface area contributed by atoms with E-state index in [9.17, 15) is 14.0 Å².